The molecular weight excluding hydrogens is 565 g/mol. The number of aryl methyl sites for hydroxylation is 1. The molecule has 2 aromatic heterocycles. The summed E-state index contributed by atoms with van der Waals surface area (Å²) in [5.74, 6) is 0.530. The minimum Gasteiger partial charge on any atom is -0.490 e. The van der Waals surface area contributed by atoms with Gasteiger partial charge in [0, 0.05) is 31.0 Å². The maximum absolute atomic E-state index is 15.3. The molecule has 0 unspecified atom stereocenters. The highest BCUT2D eigenvalue weighted by Crippen LogP contribution is 2.41. The van der Waals surface area contributed by atoms with E-state index in [4.69, 9.17) is 19.2 Å². The Morgan fingerprint density at radius 1 is 1.16 bits per heavy atom. The Balaban J connectivity index is 2.03. The fraction of sp³-hybridized carbons (Fsp3) is 0.394. The average molecular weight is 604 g/mol. The van der Waals surface area contributed by atoms with Gasteiger partial charge in [-0.05, 0) is 71.9 Å². The smallest absolute Gasteiger partial charge is 0.420 e. The highest BCUT2D eigenvalue weighted by molar-refractivity contribution is 6.19. The lowest BCUT2D eigenvalue weighted by Crippen LogP contribution is -2.28. The molecule has 11 heteroatoms. The zero-order valence-corrected chi connectivity index (χ0v) is 26.2. The standard InChI is InChI=1S/C33H38FN5O5/c1-9-14-38(8)24-19-22(34)18-23-27-28(36-20(2)37-30(27)39(29(23)24)31(40)44-32(3,4)5)21-10-11-25(26(17-21)43-16-13-35)42-15-12-33(6,7)41/h9-11,17-19,41H,1,12,14-16H2,2-8H3. The summed E-state index contributed by atoms with van der Waals surface area (Å²) >= 11 is 0. The van der Waals surface area contributed by atoms with Gasteiger partial charge in [-0.15, -0.1) is 6.58 Å². The first-order valence-corrected chi connectivity index (χ1v) is 14.2. The van der Waals surface area contributed by atoms with Crippen molar-refractivity contribution in [3.05, 3.63) is 54.6 Å². The first-order chi connectivity index (χ1) is 20.6. The monoisotopic (exact) mass is 603 g/mol. The molecule has 0 fully saturated rings. The third kappa shape index (κ3) is 7.09. The summed E-state index contributed by atoms with van der Waals surface area (Å²) in [5, 5.41) is 20.1. The number of ether oxygens (including phenoxy) is 3. The SMILES string of the molecule is C=CCN(C)c1cc(F)cc2c3c(-c4ccc(OCCC(C)(C)O)c(OCC#N)c4)nc(C)nc3n(C(=O)OC(C)(C)C)c12. The molecule has 0 bridgehead atoms. The molecule has 0 saturated heterocycles. The average Bonchev–Trinajstić information content (AvgIpc) is 3.23. The third-order valence-corrected chi connectivity index (χ3v) is 6.63. The highest BCUT2D eigenvalue weighted by Gasteiger charge is 2.29. The number of nitrogens with zero attached hydrogens (tertiary/aromatic N) is 5. The van der Waals surface area contributed by atoms with Crippen molar-refractivity contribution in [2.45, 2.75) is 59.2 Å². The Morgan fingerprint density at radius 2 is 1.89 bits per heavy atom. The molecule has 44 heavy (non-hydrogen) atoms. The predicted octanol–water partition coefficient (Wildman–Crippen LogP) is 6.55. The summed E-state index contributed by atoms with van der Waals surface area (Å²) in [6.45, 7) is 14.5. The number of rotatable bonds is 10. The quantitative estimate of drug-likeness (QED) is 0.201. The topological polar surface area (TPSA) is 123 Å². The van der Waals surface area contributed by atoms with Gasteiger partial charge in [0.05, 0.1) is 34.5 Å². The number of nitriles is 1. The number of hydrogen-bond acceptors (Lipinski definition) is 9. The van der Waals surface area contributed by atoms with Crippen LogP contribution in [0, 0.1) is 24.1 Å². The molecule has 2 aromatic carbocycles. The molecule has 4 rings (SSSR count). The van der Waals surface area contributed by atoms with E-state index in [9.17, 15) is 15.2 Å². The lowest BCUT2D eigenvalue weighted by Gasteiger charge is -2.22. The van der Waals surface area contributed by atoms with Crippen LogP contribution in [0.3, 0.4) is 0 Å². The third-order valence-electron chi connectivity index (χ3n) is 6.63. The number of likely N-dealkylation sites (N-methyl/N-ethyl adjacent to an activating group) is 1. The fourth-order valence-electron chi connectivity index (χ4n) is 4.77. The second-order valence-electron chi connectivity index (χ2n) is 12.1. The van der Waals surface area contributed by atoms with Gasteiger partial charge in [-0.25, -0.2) is 23.7 Å². The minimum atomic E-state index is -0.923. The molecule has 0 aliphatic heterocycles. The van der Waals surface area contributed by atoms with E-state index in [1.165, 1.54) is 16.7 Å². The van der Waals surface area contributed by atoms with Gasteiger partial charge >= 0.3 is 6.09 Å². The largest absolute Gasteiger partial charge is 0.490 e. The molecule has 0 spiro atoms. The van der Waals surface area contributed by atoms with Crippen molar-refractivity contribution in [1.82, 2.24) is 14.5 Å². The molecule has 232 valence electrons. The summed E-state index contributed by atoms with van der Waals surface area (Å²) in [4.78, 5) is 24.9. The van der Waals surface area contributed by atoms with Crippen molar-refractivity contribution >= 4 is 33.7 Å². The molecule has 0 amide bonds. The van der Waals surface area contributed by atoms with Crippen LogP contribution in [-0.2, 0) is 4.74 Å². The van der Waals surface area contributed by atoms with Gasteiger partial charge in [-0.1, -0.05) is 6.08 Å². The van der Waals surface area contributed by atoms with E-state index in [0.717, 1.165) is 0 Å². The van der Waals surface area contributed by atoms with Crippen LogP contribution in [-0.4, -0.2) is 63.7 Å². The first kappa shape index (κ1) is 32.2. The predicted molar refractivity (Wildman–Crippen MR) is 168 cm³/mol. The molecule has 4 aromatic rings. The maximum Gasteiger partial charge on any atom is 0.420 e. The summed E-state index contributed by atoms with van der Waals surface area (Å²) in [6, 6.07) is 9.81. The van der Waals surface area contributed by atoms with E-state index in [2.05, 4.69) is 11.6 Å². The molecule has 10 nitrogen and oxygen atoms in total. The fourth-order valence-corrected chi connectivity index (χ4v) is 4.77. The normalized spacial score (nSPS) is 11.8. The van der Waals surface area contributed by atoms with Crippen LogP contribution in [0.25, 0.3) is 33.2 Å². The molecule has 0 atom stereocenters. The number of hydrogen-bond donors (Lipinski definition) is 1. The van der Waals surface area contributed by atoms with Gasteiger partial charge in [0.2, 0.25) is 0 Å². The lowest BCUT2D eigenvalue weighted by molar-refractivity contribution is 0.0540. The van der Waals surface area contributed by atoms with Crippen LogP contribution in [0.1, 0.15) is 46.9 Å². The molecule has 2 heterocycles. The van der Waals surface area contributed by atoms with E-state index in [0.29, 0.717) is 57.8 Å². The lowest BCUT2D eigenvalue weighted by atomic mass is 10.0. The number of fused-ring (bicyclic) bond motifs is 3. The Bertz CT molecular complexity index is 1760. The number of benzene rings is 2. The number of halogens is 1. The zero-order chi connectivity index (χ0) is 32.4. The van der Waals surface area contributed by atoms with Crippen LogP contribution in [0.5, 0.6) is 11.5 Å². The van der Waals surface area contributed by atoms with Gasteiger partial charge in [-0.3, -0.25) is 0 Å². The number of aliphatic hydroxyl groups is 1. The molecular formula is C33H38FN5O5. The summed E-state index contributed by atoms with van der Waals surface area (Å²) in [7, 11) is 1.78. The summed E-state index contributed by atoms with van der Waals surface area (Å²) in [5.41, 5.74) is 0.361. The van der Waals surface area contributed by atoms with Crippen molar-refractivity contribution in [3.8, 4) is 28.8 Å². The van der Waals surface area contributed by atoms with Crippen molar-refractivity contribution in [1.29, 1.82) is 5.26 Å². The van der Waals surface area contributed by atoms with Gasteiger partial charge in [0.15, 0.2) is 23.8 Å². The highest BCUT2D eigenvalue weighted by atomic mass is 19.1. The summed E-state index contributed by atoms with van der Waals surface area (Å²) < 4.78 is 34.0. The van der Waals surface area contributed by atoms with Gasteiger partial charge < -0.3 is 24.2 Å². The van der Waals surface area contributed by atoms with Crippen molar-refractivity contribution < 1.29 is 28.5 Å². The second kappa shape index (κ2) is 12.5. The van der Waals surface area contributed by atoms with Crippen LogP contribution >= 0.6 is 0 Å². The Hall–Kier alpha value is -4.69. The molecule has 0 radical (unpaired) electrons. The number of carbonyl (C=O) groups excluding carboxylic acids is 1. The van der Waals surface area contributed by atoms with Gasteiger partial charge in [-0.2, -0.15) is 5.26 Å². The van der Waals surface area contributed by atoms with Crippen LogP contribution in [0.4, 0.5) is 14.9 Å². The Morgan fingerprint density at radius 3 is 2.52 bits per heavy atom. The number of carbonyl (C=O) groups is 1. The first-order valence-electron chi connectivity index (χ1n) is 14.2. The molecule has 0 saturated carbocycles. The van der Waals surface area contributed by atoms with E-state index >= 15 is 4.39 Å². The second-order valence-corrected chi connectivity index (χ2v) is 12.1. The van der Waals surface area contributed by atoms with Crippen molar-refractivity contribution in [3.63, 3.8) is 0 Å². The number of anilines is 1. The van der Waals surface area contributed by atoms with E-state index in [1.54, 1.807) is 77.8 Å². The van der Waals surface area contributed by atoms with E-state index in [-0.39, 0.29) is 24.6 Å². The van der Waals surface area contributed by atoms with Gasteiger partial charge in [0.25, 0.3) is 0 Å². The minimum absolute atomic E-state index is 0.215. The van der Waals surface area contributed by atoms with Crippen molar-refractivity contribution in [2.75, 3.05) is 31.7 Å². The van der Waals surface area contributed by atoms with Crippen molar-refractivity contribution in [2.24, 2.45) is 0 Å². The van der Waals surface area contributed by atoms with Crippen LogP contribution < -0.4 is 14.4 Å². The molecule has 0 aliphatic carbocycles. The zero-order valence-electron chi connectivity index (χ0n) is 26.2. The van der Waals surface area contributed by atoms with Crippen LogP contribution in [0.15, 0.2) is 43.0 Å². The number of aromatic nitrogens is 3. The van der Waals surface area contributed by atoms with Gasteiger partial charge in [0.1, 0.15) is 23.3 Å². The molecule has 1 N–H and O–H groups in total. The van der Waals surface area contributed by atoms with Crippen LogP contribution in [0.2, 0.25) is 0 Å². The molecule has 0 aliphatic rings. The maximum atomic E-state index is 15.3. The summed E-state index contributed by atoms with van der Waals surface area (Å²) in [6.07, 6.45) is 1.38. The Kier molecular flexibility index (Phi) is 9.16. The van der Waals surface area contributed by atoms with E-state index in [1.807, 2.05) is 6.07 Å². The Labute approximate surface area is 256 Å². The van der Waals surface area contributed by atoms with E-state index < -0.39 is 23.1 Å².